The largest absolute Gasteiger partial charge is 0.339 e. The summed E-state index contributed by atoms with van der Waals surface area (Å²) in [5.41, 5.74) is 2.23. The number of carbonyl (C=O) groups excluding carboxylic acids is 1. The second-order valence-corrected chi connectivity index (χ2v) is 7.58. The van der Waals surface area contributed by atoms with Crippen molar-refractivity contribution >= 4 is 23.4 Å². The van der Waals surface area contributed by atoms with Crippen LogP contribution in [0.25, 0.3) is 11.4 Å². The van der Waals surface area contributed by atoms with Gasteiger partial charge in [-0.05, 0) is 49.4 Å². The van der Waals surface area contributed by atoms with Crippen LogP contribution in [0.4, 0.5) is 5.69 Å². The predicted molar refractivity (Wildman–Crippen MR) is 107 cm³/mol. The number of nitrogens with one attached hydrogen (secondary N) is 1. The van der Waals surface area contributed by atoms with E-state index in [-0.39, 0.29) is 5.91 Å². The van der Waals surface area contributed by atoms with Gasteiger partial charge in [0.05, 0.1) is 0 Å². The highest BCUT2D eigenvalue weighted by molar-refractivity contribution is 7.98. The summed E-state index contributed by atoms with van der Waals surface area (Å²) in [4.78, 5) is 18.1. The third-order valence-corrected chi connectivity index (χ3v) is 5.60. The summed E-state index contributed by atoms with van der Waals surface area (Å²) < 4.78 is 5.44. The molecule has 1 N–H and O–H groups in total. The maximum absolute atomic E-state index is 12.5. The molecule has 1 amide bonds. The van der Waals surface area contributed by atoms with Crippen LogP contribution < -0.4 is 5.32 Å². The number of hydrogen-bond acceptors (Lipinski definition) is 5. The average molecular weight is 379 g/mol. The minimum absolute atomic E-state index is 0.139. The summed E-state index contributed by atoms with van der Waals surface area (Å²) in [7, 11) is 0. The van der Waals surface area contributed by atoms with Gasteiger partial charge in [0.2, 0.25) is 11.7 Å². The molecule has 0 saturated heterocycles. The van der Waals surface area contributed by atoms with Gasteiger partial charge in [0.1, 0.15) is 0 Å². The van der Waals surface area contributed by atoms with Crippen molar-refractivity contribution in [2.24, 2.45) is 0 Å². The average Bonchev–Trinajstić information content (AvgIpc) is 3.40. The van der Waals surface area contributed by atoms with E-state index in [1.54, 1.807) is 23.9 Å². The van der Waals surface area contributed by atoms with Gasteiger partial charge >= 0.3 is 0 Å². The van der Waals surface area contributed by atoms with Crippen LogP contribution in [-0.4, -0.2) is 22.3 Å². The highest BCUT2D eigenvalue weighted by atomic mass is 32.2. The lowest BCUT2D eigenvalue weighted by molar-refractivity contribution is 0.102. The number of anilines is 1. The summed E-state index contributed by atoms with van der Waals surface area (Å²) in [5.74, 6) is 1.57. The SMILES string of the molecule is CSc1cccc(NC(=O)c2ccc(-c3noc(C4CCCC4)n3)cc2)c1. The fourth-order valence-electron chi connectivity index (χ4n) is 3.37. The molecule has 0 spiro atoms. The van der Waals surface area contributed by atoms with Crippen LogP contribution in [-0.2, 0) is 0 Å². The zero-order chi connectivity index (χ0) is 18.6. The van der Waals surface area contributed by atoms with E-state index in [1.807, 2.05) is 42.7 Å². The Morgan fingerprint density at radius 2 is 1.93 bits per heavy atom. The van der Waals surface area contributed by atoms with E-state index in [0.29, 0.717) is 17.3 Å². The molecule has 1 aromatic heterocycles. The van der Waals surface area contributed by atoms with Gasteiger partial charge in [0.15, 0.2) is 0 Å². The van der Waals surface area contributed by atoms with Gasteiger partial charge < -0.3 is 9.84 Å². The number of hydrogen-bond donors (Lipinski definition) is 1. The van der Waals surface area contributed by atoms with Crippen molar-refractivity contribution in [2.45, 2.75) is 36.5 Å². The minimum atomic E-state index is -0.139. The Morgan fingerprint density at radius 3 is 2.67 bits per heavy atom. The topological polar surface area (TPSA) is 68.0 Å². The lowest BCUT2D eigenvalue weighted by Crippen LogP contribution is -2.11. The van der Waals surface area contributed by atoms with Crippen molar-refractivity contribution in [3.05, 3.63) is 60.0 Å². The molecule has 3 aromatic rings. The zero-order valence-electron chi connectivity index (χ0n) is 15.1. The Balaban J connectivity index is 1.46. The van der Waals surface area contributed by atoms with Crippen LogP contribution in [0.2, 0.25) is 0 Å². The molecule has 0 unspecified atom stereocenters. The molecule has 1 heterocycles. The lowest BCUT2D eigenvalue weighted by Gasteiger charge is -2.07. The van der Waals surface area contributed by atoms with Gasteiger partial charge in [0, 0.05) is 27.6 Å². The number of thioether (sulfide) groups is 1. The molecule has 2 aromatic carbocycles. The summed E-state index contributed by atoms with van der Waals surface area (Å²) >= 11 is 1.64. The third-order valence-electron chi connectivity index (χ3n) is 4.88. The first-order valence-corrected chi connectivity index (χ1v) is 10.3. The van der Waals surface area contributed by atoms with Gasteiger partial charge in [-0.2, -0.15) is 4.98 Å². The van der Waals surface area contributed by atoms with E-state index in [0.717, 1.165) is 34.9 Å². The highest BCUT2D eigenvalue weighted by Crippen LogP contribution is 2.33. The van der Waals surface area contributed by atoms with Gasteiger partial charge in [-0.1, -0.05) is 36.2 Å². The van der Waals surface area contributed by atoms with Crippen LogP contribution in [0.1, 0.15) is 47.8 Å². The van der Waals surface area contributed by atoms with E-state index in [1.165, 1.54) is 12.8 Å². The van der Waals surface area contributed by atoms with Crippen LogP contribution in [0, 0.1) is 0 Å². The first kappa shape index (κ1) is 17.8. The Hall–Kier alpha value is -2.60. The zero-order valence-corrected chi connectivity index (χ0v) is 16.0. The lowest BCUT2D eigenvalue weighted by atomic mass is 10.1. The summed E-state index contributed by atoms with van der Waals surface area (Å²) in [5, 5.41) is 7.03. The molecule has 4 rings (SSSR count). The summed E-state index contributed by atoms with van der Waals surface area (Å²) in [6.07, 6.45) is 6.71. The molecule has 1 saturated carbocycles. The van der Waals surface area contributed by atoms with Crippen molar-refractivity contribution in [3.8, 4) is 11.4 Å². The Kier molecular flexibility index (Phi) is 5.25. The van der Waals surface area contributed by atoms with Crippen LogP contribution >= 0.6 is 11.8 Å². The normalized spacial score (nSPS) is 14.4. The van der Waals surface area contributed by atoms with Crippen molar-refractivity contribution in [1.82, 2.24) is 10.1 Å². The molecule has 1 fully saturated rings. The molecule has 0 aliphatic heterocycles. The van der Waals surface area contributed by atoms with Crippen molar-refractivity contribution in [3.63, 3.8) is 0 Å². The van der Waals surface area contributed by atoms with Gasteiger partial charge in [-0.3, -0.25) is 4.79 Å². The molecule has 27 heavy (non-hydrogen) atoms. The second-order valence-electron chi connectivity index (χ2n) is 6.70. The number of amides is 1. The molecule has 6 heteroatoms. The number of rotatable bonds is 5. The maximum atomic E-state index is 12.5. The van der Waals surface area contributed by atoms with Gasteiger partial charge in [0.25, 0.3) is 5.91 Å². The Bertz CT molecular complexity index is 931. The molecule has 1 aliphatic rings. The van der Waals surface area contributed by atoms with Gasteiger partial charge in [-0.25, -0.2) is 0 Å². The van der Waals surface area contributed by atoms with Crippen molar-refractivity contribution in [2.75, 3.05) is 11.6 Å². The molecular weight excluding hydrogens is 358 g/mol. The molecule has 1 aliphatic carbocycles. The van der Waals surface area contributed by atoms with Gasteiger partial charge in [-0.15, -0.1) is 11.8 Å². The maximum Gasteiger partial charge on any atom is 0.255 e. The quantitative estimate of drug-likeness (QED) is 0.604. The number of aromatic nitrogens is 2. The van der Waals surface area contributed by atoms with Crippen LogP contribution in [0.5, 0.6) is 0 Å². The second kappa shape index (κ2) is 7.96. The summed E-state index contributed by atoms with van der Waals surface area (Å²) in [6.45, 7) is 0. The molecule has 0 atom stereocenters. The van der Waals surface area contributed by atoms with Crippen LogP contribution in [0.15, 0.2) is 57.9 Å². The number of carbonyl (C=O) groups is 1. The van der Waals surface area contributed by atoms with Crippen molar-refractivity contribution < 1.29 is 9.32 Å². The fraction of sp³-hybridized carbons (Fsp3) is 0.286. The summed E-state index contributed by atoms with van der Waals surface area (Å²) in [6, 6.07) is 15.1. The monoisotopic (exact) mass is 379 g/mol. The van der Waals surface area contributed by atoms with Crippen molar-refractivity contribution in [1.29, 1.82) is 0 Å². The standard InChI is InChI=1S/C21H21N3O2S/c1-27-18-8-4-7-17(13-18)22-20(25)15-11-9-14(10-12-15)19-23-21(26-24-19)16-5-2-3-6-16/h4,7-13,16H,2-3,5-6H2,1H3,(H,22,25). The van der Waals surface area contributed by atoms with Crippen LogP contribution in [0.3, 0.4) is 0 Å². The fourth-order valence-corrected chi connectivity index (χ4v) is 3.83. The van der Waals surface area contributed by atoms with E-state index >= 15 is 0 Å². The molecule has 138 valence electrons. The highest BCUT2D eigenvalue weighted by Gasteiger charge is 2.23. The third kappa shape index (κ3) is 4.06. The number of nitrogens with zero attached hydrogens (tertiary/aromatic N) is 2. The van der Waals surface area contributed by atoms with E-state index in [2.05, 4.69) is 15.5 Å². The minimum Gasteiger partial charge on any atom is -0.339 e. The smallest absolute Gasteiger partial charge is 0.255 e. The van der Waals surface area contributed by atoms with E-state index < -0.39 is 0 Å². The first-order chi connectivity index (χ1) is 13.2. The Labute approximate surface area is 162 Å². The van der Waals surface area contributed by atoms with E-state index in [9.17, 15) is 4.79 Å². The molecule has 0 bridgehead atoms. The predicted octanol–water partition coefficient (Wildman–Crippen LogP) is 5.37. The molecule has 0 radical (unpaired) electrons. The number of benzene rings is 2. The Morgan fingerprint density at radius 1 is 1.15 bits per heavy atom. The first-order valence-electron chi connectivity index (χ1n) is 9.12. The van der Waals surface area contributed by atoms with E-state index in [4.69, 9.17) is 4.52 Å². The molecule has 5 nitrogen and oxygen atoms in total. The molecular formula is C21H21N3O2S.